The zero-order valence-electron chi connectivity index (χ0n) is 26.9. The number of amides is 2. The standard InChI is InChI=1S/C37H44FN3O4Si/c1-25-33(19-15-26-13-16-30(17-14-26)41-35(43)20-18-32(39-41)27-9-5-4-6-10-27)45-34(37(25)46(2,3)38)22-36(44)40-23-29-12-8-7-11-28(29)21-31(40)24-42/h4-14,16-17,25,31,33-34,37,42H,15,18-24H2,1-3H3/t25-,31+,33+,34-,37+/m1/s1. The molecule has 6 rings (SSSR count). The molecule has 0 aliphatic carbocycles. The van der Waals surface area contributed by atoms with Gasteiger partial charge in [-0.3, -0.25) is 9.59 Å². The molecule has 9 heteroatoms. The van der Waals surface area contributed by atoms with Gasteiger partial charge in [-0.25, -0.2) is 5.01 Å². The second-order valence-corrected chi connectivity index (χ2v) is 17.3. The van der Waals surface area contributed by atoms with Gasteiger partial charge in [0, 0.05) is 24.9 Å². The molecule has 3 aromatic carbocycles. The topological polar surface area (TPSA) is 82.4 Å². The van der Waals surface area contributed by atoms with Gasteiger partial charge in [0.05, 0.1) is 42.7 Å². The van der Waals surface area contributed by atoms with Gasteiger partial charge in [-0.05, 0) is 72.7 Å². The lowest BCUT2D eigenvalue weighted by Crippen LogP contribution is -2.48. The molecule has 7 nitrogen and oxygen atoms in total. The number of aliphatic hydroxyl groups excluding tert-OH is 1. The van der Waals surface area contributed by atoms with Crippen LogP contribution in [-0.2, 0) is 33.7 Å². The van der Waals surface area contributed by atoms with Gasteiger partial charge in [-0.15, -0.1) is 0 Å². The number of nitrogens with zero attached hydrogens (tertiary/aromatic N) is 3. The first-order valence-electron chi connectivity index (χ1n) is 16.5. The number of fused-ring (bicyclic) bond motifs is 1. The van der Waals surface area contributed by atoms with E-state index in [4.69, 9.17) is 4.74 Å². The van der Waals surface area contributed by atoms with Gasteiger partial charge in [0.1, 0.15) is 0 Å². The van der Waals surface area contributed by atoms with E-state index >= 15 is 4.11 Å². The van der Waals surface area contributed by atoms with Gasteiger partial charge in [0.15, 0.2) is 0 Å². The first-order valence-corrected chi connectivity index (χ1v) is 19.4. The van der Waals surface area contributed by atoms with Crippen LogP contribution in [0.15, 0.2) is 84.0 Å². The first-order chi connectivity index (χ1) is 22.1. The minimum Gasteiger partial charge on any atom is -0.394 e. The predicted octanol–water partition coefficient (Wildman–Crippen LogP) is 6.43. The van der Waals surface area contributed by atoms with E-state index in [1.165, 1.54) is 5.01 Å². The molecule has 0 saturated carbocycles. The van der Waals surface area contributed by atoms with Crippen molar-refractivity contribution in [2.24, 2.45) is 11.0 Å². The van der Waals surface area contributed by atoms with Crippen LogP contribution in [0.1, 0.15) is 54.9 Å². The van der Waals surface area contributed by atoms with Crippen LogP contribution < -0.4 is 5.01 Å². The van der Waals surface area contributed by atoms with E-state index < -0.39 is 14.5 Å². The Labute approximate surface area is 272 Å². The van der Waals surface area contributed by atoms with Crippen LogP contribution in [0.5, 0.6) is 0 Å². The van der Waals surface area contributed by atoms with Crippen molar-refractivity contribution in [3.8, 4) is 0 Å². The van der Waals surface area contributed by atoms with Crippen LogP contribution in [0.3, 0.4) is 0 Å². The maximum atomic E-state index is 15.8. The molecule has 0 unspecified atom stereocenters. The molecule has 242 valence electrons. The van der Waals surface area contributed by atoms with Gasteiger partial charge in [0.2, 0.25) is 20.2 Å². The second kappa shape index (κ2) is 13.6. The number of carbonyl (C=O) groups excluding carboxylic acids is 2. The number of carbonyl (C=O) groups is 2. The average Bonchev–Trinajstić information content (AvgIpc) is 3.38. The van der Waals surface area contributed by atoms with Crippen molar-refractivity contribution in [3.05, 3.63) is 101 Å². The van der Waals surface area contributed by atoms with Gasteiger partial charge in [-0.1, -0.05) is 73.7 Å². The van der Waals surface area contributed by atoms with Crippen LogP contribution in [0.2, 0.25) is 18.6 Å². The summed E-state index contributed by atoms with van der Waals surface area (Å²) in [4.78, 5) is 28.2. The predicted molar refractivity (Wildman–Crippen MR) is 181 cm³/mol. The highest BCUT2D eigenvalue weighted by atomic mass is 28.4. The maximum absolute atomic E-state index is 15.8. The number of hydrazone groups is 1. The number of hydrogen-bond donors (Lipinski definition) is 1. The van der Waals surface area contributed by atoms with E-state index in [9.17, 15) is 14.7 Å². The van der Waals surface area contributed by atoms with Gasteiger partial charge >= 0.3 is 0 Å². The normalized spacial score (nSPS) is 24.9. The monoisotopic (exact) mass is 641 g/mol. The molecule has 46 heavy (non-hydrogen) atoms. The summed E-state index contributed by atoms with van der Waals surface area (Å²) in [5.41, 5.74) is 5.71. The van der Waals surface area contributed by atoms with Gasteiger partial charge < -0.3 is 18.9 Å². The summed E-state index contributed by atoms with van der Waals surface area (Å²) >= 11 is 0. The summed E-state index contributed by atoms with van der Waals surface area (Å²) in [6.45, 7) is 5.84. The van der Waals surface area contributed by atoms with E-state index in [1.807, 2.05) is 72.8 Å². The Bertz CT molecular complexity index is 1580. The van der Waals surface area contributed by atoms with Crippen molar-refractivity contribution in [2.45, 2.75) is 88.9 Å². The number of benzene rings is 3. The van der Waals surface area contributed by atoms with Crippen LogP contribution in [0.25, 0.3) is 0 Å². The number of halogens is 1. The average molecular weight is 642 g/mol. The molecule has 3 aromatic rings. The molecule has 2 amide bonds. The zero-order chi connectivity index (χ0) is 32.4. The minimum atomic E-state index is -3.16. The molecular formula is C37H44FN3O4Si. The highest BCUT2D eigenvalue weighted by molar-refractivity contribution is 6.72. The van der Waals surface area contributed by atoms with Crippen LogP contribution >= 0.6 is 0 Å². The highest BCUT2D eigenvalue weighted by Gasteiger charge is 2.52. The fraction of sp³-hybridized carbons (Fsp3) is 0.432. The number of aliphatic hydroxyl groups is 1. The molecule has 1 fully saturated rings. The van der Waals surface area contributed by atoms with Crippen molar-refractivity contribution in [1.82, 2.24) is 4.90 Å². The van der Waals surface area contributed by atoms with Crippen molar-refractivity contribution < 1.29 is 23.5 Å². The quantitative estimate of drug-likeness (QED) is 0.216. The molecule has 1 saturated heterocycles. The Balaban J connectivity index is 1.11. The van der Waals surface area contributed by atoms with Crippen molar-refractivity contribution in [3.63, 3.8) is 0 Å². The minimum absolute atomic E-state index is 0.0174. The van der Waals surface area contributed by atoms with Gasteiger partial charge in [-0.2, -0.15) is 5.10 Å². The third-order valence-electron chi connectivity index (χ3n) is 10.00. The fourth-order valence-electron chi connectivity index (χ4n) is 7.61. The Morgan fingerprint density at radius 2 is 1.67 bits per heavy atom. The van der Waals surface area contributed by atoms with Crippen LogP contribution in [-0.4, -0.2) is 60.8 Å². The molecule has 0 bridgehead atoms. The SMILES string of the molecule is C[C@H]1[C@H]([Si](C)(C)F)[C@@H](CC(=O)N2Cc3ccccc3C[C@H]2CO)O[C@H]1CCc1ccc(N2N=C(c3ccccc3)CCC2=O)cc1. The molecule has 0 aromatic heterocycles. The van der Waals surface area contributed by atoms with Gasteiger partial charge in [0.25, 0.3) is 0 Å². The summed E-state index contributed by atoms with van der Waals surface area (Å²) in [5, 5.41) is 16.3. The summed E-state index contributed by atoms with van der Waals surface area (Å²) < 4.78 is 22.3. The lowest BCUT2D eigenvalue weighted by Gasteiger charge is -2.37. The molecule has 0 radical (unpaired) electrons. The Hall–Kier alpha value is -3.66. The fourth-order valence-corrected chi connectivity index (χ4v) is 10.2. The van der Waals surface area contributed by atoms with E-state index in [0.29, 0.717) is 32.2 Å². The smallest absolute Gasteiger partial charge is 0.247 e. The molecule has 3 heterocycles. The lowest BCUT2D eigenvalue weighted by atomic mass is 9.93. The maximum Gasteiger partial charge on any atom is 0.247 e. The van der Waals surface area contributed by atoms with E-state index in [1.54, 1.807) is 18.0 Å². The van der Waals surface area contributed by atoms with Crippen LogP contribution in [0, 0.1) is 5.92 Å². The second-order valence-electron chi connectivity index (χ2n) is 13.5. The number of rotatable bonds is 9. The van der Waals surface area contributed by atoms with Crippen molar-refractivity contribution in [2.75, 3.05) is 11.6 Å². The van der Waals surface area contributed by atoms with Crippen molar-refractivity contribution >= 4 is 31.6 Å². The van der Waals surface area contributed by atoms with Crippen molar-refractivity contribution in [1.29, 1.82) is 0 Å². The molecule has 3 aliphatic heterocycles. The van der Waals surface area contributed by atoms with E-state index in [-0.39, 0.29) is 48.4 Å². The third kappa shape index (κ3) is 6.87. The summed E-state index contributed by atoms with van der Waals surface area (Å²) in [6.07, 6.45) is 2.56. The number of anilines is 1. The molecule has 1 N–H and O–H groups in total. The third-order valence-corrected chi connectivity index (χ3v) is 12.5. The Kier molecular flexibility index (Phi) is 9.54. The molecule has 5 atom stereocenters. The molecular weight excluding hydrogens is 598 g/mol. The highest BCUT2D eigenvalue weighted by Crippen LogP contribution is 2.47. The Morgan fingerprint density at radius 1 is 0.978 bits per heavy atom. The summed E-state index contributed by atoms with van der Waals surface area (Å²) in [7, 11) is -3.16. The summed E-state index contributed by atoms with van der Waals surface area (Å²) in [6, 6.07) is 25.6. The summed E-state index contributed by atoms with van der Waals surface area (Å²) in [5.74, 6) is -0.129. The van der Waals surface area contributed by atoms with E-state index in [2.05, 4.69) is 18.1 Å². The van der Waals surface area contributed by atoms with Crippen LogP contribution in [0.4, 0.5) is 9.80 Å². The number of aryl methyl sites for hydroxylation is 1. The largest absolute Gasteiger partial charge is 0.394 e. The number of ether oxygens (including phenoxy) is 1. The molecule has 3 aliphatic rings. The molecule has 0 spiro atoms. The Morgan fingerprint density at radius 3 is 2.37 bits per heavy atom. The zero-order valence-corrected chi connectivity index (χ0v) is 27.9. The first kappa shape index (κ1) is 32.3. The number of hydrogen-bond acceptors (Lipinski definition) is 5. The van der Waals surface area contributed by atoms with E-state index in [0.717, 1.165) is 40.1 Å². The lowest BCUT2D eigenvalue weighted by molar-refractivity contribution is -0.138.